The zero-order valence-electron chi connectivity index (χ0n) is 11.0. The summed E-state index contributed by atoms with van der Waals surface area (Å²) in [6.07, 6.45) is 3.74. The van der Waals surface area contributed by atoms with E-state index >= 15 is 0 Å². The first-order valence-electron chi connectivity index (χ1n) is 6.05. The van der Waals surface area contributed by atoms with Crippen molar-refractivity contribution in [2.75, 3.05) is 13.2 Å². The molecule has 0 heterocycles. The zero-order valence-corrected chi connectivity index (χ0v) is 11.9. The third kappa shape index (κ3) is 5.44. The van der Waals surface area contributed by atoms with Gasteiger partial charge in [0.15, 0.2) is 0 Å². The van der Waals surface area contributed by atoms with Gasteiger partial charge >= 0.3 is 7.60 Å². The lowest BCUT2D eigenvalue weighted by Crippen LogP contribution is -2.34. The first kappa shape index (κ1) is 16.1. The fourth-order valence-corrected chi connectivity index (χ4v) is 2.51. The maximum absolute atomic E-state index is 12.4. The molecule has 16 heavy (non-hydrogen) atoms. The molecule has 0 amide bonds. The van der Waals surface area contributed by atoms with Crippen LogP contribution in [-0.2, 0) is 13.6 Å². The SMILES string of the molecule is CCCCOP(=O)(OCCCC)C(C)(C)N. The summed E-state index contributed by atoms with van der Waals surface area (Å²) in [4.78, 5) is 0. The van der Waals surface area contributed by atoms with Crippen molar-refractivity contribution >= 4 is 7.60 Å². The van der Waals surface area contributed by atoms with Crippen LogP contribution in [0.25, 0.3) is 0 Å². The predicted molar refractivity (Wildman–Crippen MR) is 67.6 cm³/mol. The molecule has 0 radical (unpaired) electrons. The third-order valence-corrected chi connectivity index (χ3v) is 4.68. The van der Waals surface area contributed by atoms with Crippen molar-refractivity contribution in [1.82, 2.24) is 0 Å². The number of rotatable bonds is 9. The summed E-state index contributed by atoms with van der Waals surface area (Å²) in [5.41, 5.74) is 5.87. The average Bonchev–Trinajstić information content (AvgIpc) is 2.17. The molecule has 0 aromatic rings. The van der Waals surface area contributed by atoms with Gasteiger partial charge in [-0.15, -0.1) is 0 Å². The van der Waals surface area contributed by atoms with Crippen molar-refractivity contribution < 1.29 is 13.6 Å². The van der Waals surface area contributed by atoms with Gasteiger partial charge in [-0.05, 0) is 26.7 Å². The van der Waals surface area contributed by atoms with Crippen LogP contribution in [0.3, 0.4) is 0 Å². The van der Waals surface area contributed by atoms with E-state index in [2.05, 4.69) is 13.8 Å². The van der Waals surface area contributed by atoms with E-state index in [0.717, 1.165) is 25.7 Å². The minimum atomic E-state index is -3.18. The summed E-state index contributed by atoms with van der Waals surface area (Å²) in [6, 6.07) is 0. The zero-order chi connectivity index (χ0) is 12.7. The molecule has 0 aromatic carbocycles. The Kier molecular flexibility index (Phi) is 7.49. The van der Waals surface area contributed by atoms with Crippen LogP contribution in [0.15, 0.2) is 0 Å². The topological polar surface area (TPSA) is 61.5 Å². The highest BCUT2D eigenvalue weighted by molar-refractivity contribution is 7.55. The molecule has 5 heteroatoms. The molecule has 4 nitrogen and oxygen atoms in total. The Morgan fingerprint density at radius 3 is 1.69 bits per heavy atom. The van der Waals surface area contributed by atoms with Gasteiger partial charge in [-0.2, -0.15) is 0 Å². The molecular weight excluding hydrogens is 225 g/mol. The number of unbranched alkanes of at least 4 members (excludes halogenated alkanes) is 2. The van der Waals surface area contributed by atoms with Crippen LogP contribution in [0.1, 0.15) is 53.4 Å². The van der Waals surface area contributed by atoms with Crippen molar-refractivity contribution in [3.05, 3.63) is 0 Å². The van der Waals surface area contributed by atoms with E-state index in [9.17, 15) is 4.57 Å². The highest BCUT2D eigenvalue weighted by Gasteiger charge is 2.40. The second-order valence-corrected chi connectivity index (χ2v) is 7.19. The van der Waals surface area contributed by atoms with Crippen LogP contribution in [-0.4, -0.2) is 18.5 Å². The second kappa shape index (κ2) is 7.44. The Balaban J connectivity index is 4.33. The van der Waals surface area contributed by atoms with Gasteiger partial charge in [-0.1, -0.05) is 26.7 Å². The van der Waals surface area contributed by atoms with Crippen molar-refractivity contribution in [3.8, 4) is 0 Å². The molecule has 0 aliphatic rings. The van der Waals surface area contributed by atoms with E-state index in [0.29, 0.717) is 13.2 Å². The molecule has 0 spiro atoms. The first-order valence-corrected chi connectivity index (χ1v) is 7.59. The molecule has 0 atom stereocenters. The van der Waals surface area contributed by atoms with E-state index in [1.807, 2.05) is 0 Å². The molecule has 2 N–H and O–H groups in total. The smallest absolute Gasteiger partial charge is 0.316 e. The van der Waals surface area contributed by atoms with Crippen molar-refractivity contribution in [3.63, 3.8) is 0 Å². The lowest BCUT2D eigenvalue weighted by atomic mass is 10.4. The lowest BCUT2D eigenvalue weighted by Gasteiger charge is -2.29. The molecule has 0 saturated heterocycles. The molecule has 0 fully saturated rings. The molecule has 0 saturated carbocycles. The van der Waals surface area contributed by atoms with Gasteiger partial charge in [-0.25, -0.2) is 0 Å². The van der Waals surface area contributed by atoms with Gasteiger partial charge in [-0.3, -0.25) is 4.57 Å². The Hall–Kier alpha value is 0.110. The average molecular weight is 251 g/mol. The summed E-state index contributed by atoms with van der Waals surface area (Å²) in [6.45, 7) is 8.37. The monoisotopic (exact) mass is 251 g/mol. The van der Waals surface area contributed by atoms with Gasteiger partial charge in [0.25, 0.3) is 0 Å². The van der Waals surface area contributed by atoms with E-state index in [1.165, 1.54) is 0 Å². The second-order valence-electron chi connectivity index (χ2n) is 4.52. The molecule has 0 aromatic heterocycles. The minimum absolute atomic E-state index is 0.445. The number of hydrogen-bond donors (Lipinski definition) is 1. The summed E-state index contributed by atoms with van der Waals surface area (Å²) in [7, 11) is -3.18. The molecule has 0 aliphatic carbocycles. The fourth-order valence-electron chi connectivity index (χ4n) is 1.03. The van der Waals surface area contributed by atoms with Crippen molar-refractivity contribution in [1.29, 1.82) is 0 Å². The van der Waals surface area contributed by atoms with Crippen molar-refractivity contribution in [2.24, 2.45) is 5.73 Å². The van der Waals surface area contributed by atoms with Crippen LogP contribution in [0.5, 0.6) is 0 Å². The normalized spacial score (nSPS) is 13.1. The third-order valence-electron chi connectivity index (χ3n) is 2.22. The Morgan fingerprint density at radius 2 is 1.44 bits per heavy atom. The van der Waals surface area contributed by atoms with Gasteiger partial charge in [0.2, 0.25) is 0 Å². The van der Waals surface area contributed by atoms with Crippen LogP contribution in [0.2, 0.25) is 0 Å². The predicted octanol–water partition coefficient (Wildman–Crippen LogP) is 3.51. The Morgan fingerprint density at radius 1 is 1.06 bits per heavy atom. The van der Waals surface area contributed by atoms with Gasteiger partial charge in [0.05, 0.1) is 13.2 Å². The van der Waals surface area contributed by atoms with E-state index in [-0.39, 0.29) is 0 Å². The Bertz CT molecular complexity index is 212. The van der Waals surface area contributed by atoms with Crippen LogP contribution in [0.4, 0.5) is 0 Å². The minimum Gasteiger partial charge on any atom is -0.316 e. The fraction of sp³-hybridized carbons (Fsp3) is 1.00. The Labute approximate surface area is 99.4 Å². The quantitative estimate of drug-likeness (QED) is 0.503. The first-order chi connectivity index (χ1) is 7.37. The van der Waals surface area contributed by atoms with Gasteiger partial charge in [0, 0.05) is 0 Å². The molecule has 0 aliphatic heterocycles. The molecule has 0 bridgehead atoms. The molecule has 0 unspecified atom stereocenters. The summed E-state index contributed by atoms with van der Waals surface area (Å²) in [5.74, 6) is 0. The standard InChI is InChI=1S/C11H26NO3P/c1-5-7-9-14-16(13,11(3,4)12)15-10-8-6-2/h5-10,12H2,1-4H3. The molecule has 98 valence electrons. The largest absolute Gasteiger partial charge is 0.349 e. The van der Waals surface area contributed by atoms with Crippen LogP contribution < -0.4 is 5.73 Å². The van der Waals surface area contributed by atoms with Crippen LogP contribution in [0, 0.1) is 0 Å². The highest BCUT2D eigenvalue weighted by Crippen LogP contribution is 2.57. The summed E-state index contributed by atoms with van der Waals surface area (Å²) >= 11 is 0. The van der Waals surface area contributed by atoms with E-state index in [1.54, 1.807) is 13.8 Å². The summed E-state index contributed by atoms with van der Waals surface area (Å²) in [5, 5.41) is -0.936. The summed E-state index contributed by atoms with van der Waals surface area (Å²) < 4.78 is 23.2. The maximum Gasteiger partial charge on any atom is 0.349 e. The van der Waals surface area contributed by atoms with E-state index < -0.39 is 12.9 Å². The van der Waals surface area contributed by atoms with Gasteiger partial charge < -0.3 is 14.8 Å². The number of hydrogen-bond acceptors (Lipinski definition) is 4. The van der Waals surface area contributed by atoms with E-state index in [4.69, 9.17) is 14.8 Å². The maximum atomic E-state index is 12.4. The van der Waals surface area contributed by atoms with Crippen LogP contribution >= 0.6 is 7.60 Å². The highest BCUT2D eigenvalue weighted by atomic mass is 31.2. The molecule has 0 rings (SSSR count). The van der Waals surface area contributed by atoms with Gasteiger partial charge in [0.1, 0.15) is 5.28 Å². The lowest BCUT2D eigenvalue weighted by molar-refractivity contribution is 0.183. The van der Waals surface area contributed by atoms with Crippen molar-refractivity contribution in [2.45, 2.75) is 58.7 Å². The number of nitrogens with two attached hydrogens (primary N) is 1. The molecular formula is C11H26NO3P.